The lowest BCUT2D eigenvalue weighted by molar-refractivity contribution is 0.631. The van der Waals surface area contributed by atoms with Gasteiger partial charge in [-0.3, -0.25) is 0 Å². The smallest absolute Gasteiger partial charge is 0.147 e. The predicted octanol–water partition coefficient (Wildman–Crippen LogP) is 3.86. The van der Waals surface area contributed by atoms with Crippen molar-refractivity contribution in [2.24, 2.45) is 5.73 Å². The van der Waals surface area contributed by atoms with Gasteiger partial charge in [0.25, 0.3) is 0 Å². The van der Waals surface area contributed by atoms with Crippen LogP contribution in [0.5, 0.6) is 0 Å². The molecule has 0 heterocycles. The van der Waals surface area contributed by atoms with Gasteiger partial charge in [-0.1, -0.05) is 36.0 Å². The van der Waals surface area contributed by atoms with Crippen molar-refractivity contribution in [3.8, 4) is 0 Å². The highest BCUT2D eigenvalue weighted by Crippen LogP contribution is 2.26. The standard InChI is InChI=1S/C13H10ClFN2S/c14-9-3-1-2-4-11(9)17-12-6-5-8(13(16)18)7-10(12)15/h1-7,17H,(H2,16,18). The average molecular weight is 281 g/mol. The normalized spacial score (nSPS) is 10.1. The van der Waals surface area contributed by atoms with Crippen LogP contribution in [0.4, 0.5) is 15.8 Å². The first-order valence-electron chi connectivity index (χ1n) is 5.19. The number of nitrogens with one attached hydrogen (secondary N) is 1. The molecule has 0 atom stereocenters. The molecule has 0 unspecified atom stereocenters. The van der Waals surface area contributed by atoms with Gasteiger partial charge in [-0.15, -0.1) is 0 Å². The maximum atomic E-state index is 13.8. The van der Waals surface area contributed by atoms with Gasteiger partial charge in [-0.05, 0) is 30.3 Å². The molecule has 5 heteroatoms. The Balaban J connectivity index is 2.30. The summed E-state index contributed by atoms with van der Waals surface area (Å²) in [6, 6.07) is 11.6. The highest BCUT2D eigenvalue weighted by atomic mass is 35.5. The molecular weight excluding hydrogens is 271 g/mol. The topological polar surface area (TPSA) is 38.0 Å². The summed E-state index contributed by atoms with van der Waals surface area (Å²) in [6.45, 7) is 0. The molecule has 2 nitrogen and oxygen atoms in total. The third kappa shape index (κ3) is 2.78. The Morgan fingerprint density at radius 2 is 1.89 bits per heavy atom. The molecule has 0 saturated carbocycles. The zero-order chi connectivity index (χ0) is 13.1. The van der Waals surface area contributed by atoms with Crippen molar-refractivity contribution >= 4 is 40.2 Å². The number of halogens is 2. The molecule has 0 fully saturated rings. The lowest BCUT2D eigenvalue weighted by Crippen LogP contribution is -2.09. The number of hydrogen-bond acceptors (Lipinski definition) is 2. The molecule has 0 amide bonds. The fraction of sp³-hybridized carbons (Fsp3) is 0. The predicted molar refractivity (Wildman–Crippen MR) is 77.0 cm³/mol. The highest BCUT2D eigenvalue weighted by molar-refractivity contribution is 7.80. The van der Waals surface area contributed by atoms with E-state index < -0.39 is 5.82 Å². The van der Waals surface area contributed by atoms with Crippen LogP contribution >= 0.6 is 23.8 Å². The summed E-state index contributed by atoms with van der Waals surface area (Å²) in [5.74, 6) is -0.430. The van der Waals surface area contributed by atoms with E-state index in [1.54, 1.807) is 30.3 Å². The number of hydrogen-bond donors (Lipinski definition) is 2. The van der Waals surface area contributed by atoms with Crippen molar-refractivity contribution < 1.29 is 4.39 Å². The molecule has 2 rings (SSSR count). The Kier molecular flexibility index (Phi) is 3.79. The number of anilines is 2. The van der Waals surface area contributed by atoms with Crippen molar-refractivity contribution in [2.45, 2.75) is 0 Å². The molecule has 0 bridgehead atoms. The number of thiocarbonyl (C=S) groups is 1. The molecule has 0 radical (unpaired) electrons. The molecule has 0 aliphatic carbocycles. The summed E-state index contributed by atoms with van der Waals surface area (Å²) in [5, 5.41) is 3.44. The Morgan fingerprint density at radius 3 is 2.50 bits per heavy atom. The van der Waals surface area contributed by atoms with E-state index in [4.69, 9.17) is 29.6 Å². The monoisotopic (exact) mass is 280 g/mol. The average Bonchev–Trinajstić information content (AvgIpc) is 2.34. The largest absolute Gasteiger partial charge is 0.389 e. The van der Waals surface area contributed by atoms with Gasteiger partial charge in [0.2, 0.25) is 0 Å². The third-order valence-electron chi connectivity index (χ3n) is 2.40. The fourth-order valence-electron chi connectivity index (χ4n) is 1.48. The summed E-state index contributed by atoms with van der Waals surface area (Å²) in [7, 11) is 0. The van der Waals surface area contributed by atoms with Crippen molar-refractivity contribution in [1.82, 2.24) is 0 Å². The van der Waals surface area contributed by atoms with Crippen molar-refractivity contribution in [3.63, 3.8) is 0 Å². The molecule has 2 aromatic carbocycles. The van der Waals surface area contributed by atoms with E-state index in [1.165, 1.54) is 6.07 Å². The van der Waals surface area contributed by atoms with Crippen molar-refractivity contribution in [3.05, 3.63) is 58.9 Å². The molecule has 3 N–H and O–H groups in total. The minimum atomic E-state index is -0.430. The van der Waals surface area contributed by atoms with E-state index in [9.17, 15) is 4.39 Å². The molecule has 0 aromatic heterocycles. The second kappa shape index (κ2) is 5.33. The first kappa shape index (κ1) is 12.8. The van der Waals surface area contributed by atoms with Crippen LogP contribution < -0.4 is 11.1 Å². The van der Waals surface area contributed by atoms with E-state index in [1.807, 2.05) is 6.07 Å². The summed E-state index contributed by atoms with van der Waals surface area (Å²) >= 11 is 10.8. The van der Waals surface area contributed by atoms with Crippen molar-refractivity contribution in [2.75, 3.05) is 5.32 Å². The van der Waals surface area contributed by atoms with E-state index >= 15 is 0 Å². The Hall–Kier alpha value is -1.65. The SMILES string of the molecule is NC(=S)c1ccc(Nc2ccccc2Cl)c(F)c1. The summed E-state index contributed by atoms with van der Waals surface area (Å²) in [5.41, 5.74) is 6.89. The summed E-state index contributed by atoms with van der Waals surface area (Å²) in [6.07, 6.45) is 0. The van der Waals surface area contributed by atoms with Gasteiger partial charge in [0.15, 0.2) is 0 Å². The van der Waals surface area contributed by atoms with Crippen LogP contribution in [0.25, 0.3) is 0 Å². The first-order chi connectivity index (χ1) is 8.58. The molecule has 0 aliphatic rings. The van der Waals surface area contributed by atoms with E-state index in [0.29, 0.717) is 22.0 Å². The van der Waals surface area contributed by atoms with Gasteiger partial charge in [0.05, 0.1) is 16.4 Å². The summed E-state index contributed by atoms with van der Waals surface area (Å²) < 4.78 is 13.8. The Labute approximate surface area is 115 Å². The molecular formula is C13H10ClFN2S. The quantitative estimate of drug-likeness (QED) is 0.839. The zero-order valence-corrected chi connectivity index (χ0v) is 10.9. The molecule has 0 saturated heterocycles. The maximum absolute atomic E-state index is 13.8. The van der Waals surface area contributed by atoms with Crippen LogP contribution in [0.2, 0.25) is 5.02 Å². The first-order valence-corrected chi connectivity index (χ1v) is 5.97. The molecule has 0 aliphatic heterocycles. The lowest BCUT2D eigenvalue weighted by Gasteiger charge is -2.10. The summed E-state index contributed by atoms with van der Waals surface area (Å²) in [4.78, 5) is 0.165. The molecule has 18 heavy (non-hydrogen) atoms. The van der Waals surface area contributed by atoms with E-state index in [0.717, 1.165) is 0 Å². The van der Waals surface area contributed by atoms with Gasteiger partial charge in [-0.2, -0.15) is 0 Å². The number of para-hydroxylation sites is 1. The van der Waals surface area contributed by atoms with Gasteiger partial charge in [-0.25, -0.2) is 4.39 Å². The Bertz CT molecular complexity index is 601. The minimum Gasteiger partial charge on any atom is -0.389 e. The zero-order valence-electron chi connectivity index (χ0n) is 9.28. The molecule has 0 spiro atoms. The van der Waals surface area contributed by atoms with Gasteiger partial charge >= 0.3 is 0 Å². The maximum Gasteiger partial charge on any atom is 0.147 e. The van der Waals surface area contributed by atoms with Gasteiger partial charge in [0.1, 0.15) is 10.8 Å². The van der Waals surface area contributed by atoms with Gasteiger partial charge < -0.3 is 11.1 Å². The second-order valence-corrected chi connectivity index (χ2v) is 4.51. The number of rotatable bonds is 3. The fourth-order valence-corrected chi connectivity index (χ4v) is 1.79. The second-order valence-electron chi connectivity index (χ2n) is 3.66. The molecule has 2 aromatic rings. The van der Waals surface area contributed by atoms with Crippen LogP contribution in [0.1, 0.15) is 5.56 Å². The minimum absolute atomic E-state index is 0.165. The van der Waals surface area contributed by atoms with Crippen LogP contribution in [0.15, 0.2) is 42.5 Å². The van der Waals surface area contributed by atoms with Crippen molar-refractivity contribution in [1.29, 1.82) is 0 Å². The number of nitrogens with two attached hydrogens (primary N) is 1. The lowest BCUT2D eigenvalue weighted by atomic mass is 10.2. The van der Waals surface area contributed by atoms with Crippen LogP contribution in [-0.2, 0) is 0 Å². The highest BCUT2D eigenvalue weighted by Gasteiger charge is 2.07. The number of benzene rings is 2. The van der Waals surface area contributed by atoms with E-state index in [2.05, 4.69) is 5.32 Å². The van der Waals surface area contributed by atoms with Crippen LogP contribution in [-0.4, -0.2) is 4.99 Å². The Morgan fingerprint density at radius 1 is 1.17 bits per heavy atom. The van der Waals surface area contributed by atoms with Crippen LogP contribution in [0, 0.1) is 5.82 Å². The van der Waals surface area contributed by atoms with Crippen LogP contribution in [0.3, 0.4) is 0 Å². The van der Waals surface area contributed by atoms with E-state index in [-0.39, 0.29) is 4.99 Å². The molecule has 92 valence electrons. The third-order valence-corrected chi connectivity index (χ3v) is 2.96. The van der Waals surface area contributed by atoms with Gasteiger partial charge in [0, 0.05) is 5.56 Å².